The van der Waals surface area contributed by atoms with Gasteiger partial charge >= 0.3 is 0 Å². The summed E-state index contributed by atoms with van der Waals surface area (Å²) in [7, 11) is 0. The van der Waals surface area contributed by atoms with Crippen LogP contribution in [0.2, 0.25) is 0 Å². The largest absolute Gasteiger partial charge is 0.338 e. The van der Waals surface area contributed by atoms with Gasteiger partial charge in [-0.3, -0.25) is 4.79 Å². The van der Waals surface area contributed by atoms with Gasteiger partial charge in [0.2, 0.25) is 5.60 Å². The first-order valence-electron chi connectivity index (χ1n) is 4.36. The van der Waals surface area contributed by atoms with Gasteiger partial charge in [0.1, 0.15) is 12.2 Å². The minimum absolute atomic E-state index is 0.228. The minimum Gasteiger partial charge on any atom is -0.338 e. The smallest absolute Gasteiger partial charge is 0.243 e. The third-order valence-electron chi connectivity index (χ3n) is 2.41. The van der Waals surface area contributed by atoms with E-state index in [0.717, 1.165) is 5.56 Å². The van der Waals surface area contributed by atoms with Gasteiger partial charge in [0.05, 0.1) is 0 Å². The molecule has 1 aliphatic rings. The Morgan fingerprint density at radius 1 is 1.50 bits per heavy atom. The number of epoxide rings is 1. The molecule has 0 amide bonds. The van der Waals surface area contributed by atoms with Crippen LogP contribution < -0.4 is 0 Å². The molecule has 0 unspecified atom stereocenters. The van der Waals surface area contributed by atoms with Crippen LogP contribution in [-0.4, -0.2) is 11.4 Å². The molecule has 0 bridgehead atoms. The first-order valence-corrected chi connectivity index (χ1v) is 4.36. The van der Waals surface area contributed by atoms with Gasteiger partial charge in [-0.15, -0.1) is 0 Å². The maximum Gasteiger partial charge on any atom is 0.243 e. The second kappa shape index (κ2) is 2.93. The van der Waals surface area contributed by atoms with Gasteiger partial charge in [0.15, 0.2) is 5.78 Å². The SMILES string of the molecule is CC(=O)[C@]1(C#N)O[C@H]1c1ccccc1. The maximum absolute atomic E-state index is 11.2. The fourth-order valence-corrected chi connectivity index (χ4v) is 1.51. The Morgan fingerprint density at radius 3 is 2.57 bits per heavy atom. The molecule has 14 heavy (non-hydrogen) atoms. The lowest BCUT2D eigenvalue weighted by Gasteiger charge is -1.97. The summed E-state index contributed by atoms with van der Waals surface area (Å²) in [5.74, 6) is -0.228. The van der Waals surface area contributed by atoms with Gasteiger partial charge in [-0.1, -0.05) is 30.3 Å². The molecule has 70 valence electrons. The highest BCUT2D eigenvalue weighted by Crippen LogP contribution is 2.49. The number of rotatable bonds is 2. The van der Waals surface area contributed by atoms with Crippen molar-refractivity contribution in [2.24, 2.45) is 0 Å². The lowest BCUT2D eigenvalue weighted by Crippen LogP contribution is -2.19. The number of carbonyl (C=O) groups is 1. The fraction of sp³-hybridized carbons (Fsp3) is 0.273. The number of ketones is 1. The first-order chi connectivity index (χ1) is 6.70. The standard InChI is InChI=1S/C11H9NO2/c1-8(13)11(7-12)10(14-11)9-5-3-2-4-6-9/h2-6,10H,1H3/t10-,11-/m0/s1. The van der Waals surface area contributed by atoms with E-state index in [2.05, 4.69) is 0 Å². The number of Topliss-reactive ketones (excluding diaryl/α,β-unsaturated/α-hetero) is 1. The highest BCUT2D eigenvalue weighted by atomic mass is 16.6. The van der Waals surface area contributed by atoms with E-state index in [1.54, 1.807) is 0 Å². The molecule has 0 spiro atoms. The summed E-state index contributed by atoms with van der Waals surface area (Å²) in [6, 6.07) is 11.2. The Morgan fingerprint density at radius 2 is 2.14 bits per heavy atom. The molecular formula is C11H9NO2. The zero-order valence-corrected chi connectivity index (χ0v) is 7.73. The van der Waals surface area contributed by atoms with Gasteiger partial charge in [-0.25, -0.2) is 0 Å². The fourth-order valence-electron chi connectivity index (χ4n) is 1.51. The number of benzene rings is 1. The molecule has 1 heterocycles. The monoisotopic (exact) mass is 187 g/mol. The number of carbonyl (C=O) groups excluding carboxylic acids is 1. The van der Waals surface area contributed by atoms with Crippen LogP contribution in [0.1, 0.15) is 18.6 Å². The van der Waals surface area contributed by atoms with Crippen LogP contribution in [0.4, 0.5) is 0 Å². The third kappa shape index (κ3) is 1.12. The van der Waals surface area contributed by atoms with Crippen molar-refractivity contribution < 1.29 is 9.53 Å². The molecule has 1 aliphatic heterocycles. The van der Waals surface area contributed by atoms with Crippen LogP contribution in [0.25, 0.3) is 0 Å². The van der Waals surface area contributed by atoms with Crippen molar-refractivity contribution in [1.29, 1.82) is 5.26 Å². The van der Waals surface area contributed by atoms with Crippen molar-refractivity contribution in [3.63, 3.8) is 0 Å². The Kier molecular flexibility index (Phi) is 1.87. The summed E-state index contributed by atoms with van der Waals surface area (Å²) in [6.45, 7) is 1.38. The Bertz CT molecular complexity index is 407. The second-order valence-corrected chi connectivity index (χ2v) is 3.31. The van der Waals surface area contributed by atoms with Crippen LogP contribution >= 0.6 is 0 Å². The molecule has 2 rings (SSSR count). The van der Waals surface area contributed by atoms with Gasteiger partial charge in [0, 0.05) is 0 Å². The molecule has 3 nitrogen and oxygen atoms in total. The average Bonchev–Trinajstić information content (AvgIpc) is 2.95. The molecule has 0 saturated carbocycles. The van der Waals surface area contributed by atoms with Crippen LogP contribution in [0, 0.1) is 11.3 Å². The van der Waals surface area contributed by atoms with E-state index >= 15 is 0 Å². The maximum atomic E-state index is 11.2. The highest BCUT2D eigenvalue weighted by Gasteiger charge is 2.62. The molecule has 0 N–H and O–H groups in total. The quantitative estimate of drug-likeness (QED) is 0.661. The zero-order chi connectivity index (χ0) is 10.2. The molecular weight excluding hydrogens is 178 g/mol. The molecule has 0 aromatic heterocycles. The van der Waals surface area contributed by atoms with Crippen molar-refractivity contribution in [3.8, 4) is 6.07 Å². The minimum atomic E-state index is -1.22. The Hall–Kier alpha value is -1.66. The molecule has 2 atom stereocenters. The van der Waals surface area contributed by atoms with Crippen molar-refractivity contribution >= 4 is 5.78 Å². The van der Waals surface area contributed by atoms with Crippen molar-refractivity contribution in [2.45, 2.75) is 18.6 Å². The number of hydrogen-bond acceptors (Lipinski definition) is 3. The molecule has 1 saturated heterocycles. The van der Waals surface area contributed by atoms with Crippen LogP contribution in [0.3, 0.4) is 0 Å². The van der Waals surface area contributed by atoms with Gasteiger partial charge in [-0.2, -0.15) is 5.26 Å². The van der Waals surface area contributed by atoms with Crippen LogP contribution in [-0.2, 0) is 9.53 Å². The molecule has 1 fully saturated rings. The predicted octanol–water partition coefficient (Wildman–Crippen LogP) is 1.61. The van der Waals surface area contributed by atoms with E-state index in [0.29, 0.717) is 0 Å². The molecule has 0 aliphatic carbocycles. The first kappa shape index (κ1) is 8.92. The molecule has 1 aromatic carbocycles. The molecule has 3 heteroatoms. The number of ether oxygens (including phenoxy) is 1. The van der Waals surface area contributed by atoms with Crippen LogP contribution in [0.15, 0.2) is 30.3 Å². The van der Waals surface area contributed by atoms with Gasteiger partial charge in [-0.05, 0) is 12.5 Å². The van der Waals surface area contributed by atoms with Crippen molar-refractivity contribution in [2.75, 3.05) is 0 Å². The summed E-state index contributed by atoms with van der Waals surface area (Å²) in [4.78, 5) is 11.2. The Balaban J connectivity index is 2.28. The average molecular weight is 187 g/mol. The normalized spacial score (nSPS) is 29.3. The lowest BCUT2D eigenvalue weighted by atomic mass is 9.97. The summed E-state index contributed by atoms with van der Waals surface area (Å²) < 4.78 is 5.19. The molecule has 0 radical (unpaired) electrons. The van der Waals surface area contributed by atoms with E-state index < -0.39 is 5.60 Å². The topological polar surface area (TPSA) is 53.4 Å². The highest BCUT2D eigenvalue weighted by molar-refractivity contribution is 5.92. The Labute approximate surface area is 81.9 Å². The second-order valence-electron chi connectivity index (χ2n) is 3.31. The third-order valence-corrected chi connectivity index (χ3v) is 2.41. The molecule has 1 aromatic rings. The van der Waals surface area contributed by atoms with Crippen molar-refractivity contribution in [1.82, 2.24) is 0 Å². The predicted molar refractivity (Wildman–Crippen MR) is 49.3 cm³/mol. The number of nitrogens with zero attached hydrogens (tertiary/aromatic N) is 1. The summed E-state index contributed by atoms with van der Waals surface area (Å²) >= 11 is 0. The van der Waals surface area contributed by atoms with Gasteiger partial charge < -0.3 is 4.74 Å². The van der Waals surface area contributed by atoms with Crippen LogP contribution in [0.5, 0.6) is 0 Å². The number of hydrogen-bond donors (Lipinski definition) is 0. The van der Waals surface area contributed by atoms with Crippen molar-refractivity contribution in [3.05, 3.63) is 35.9 Å². The summed E-state index contributed by atoms with van der Waals surface area (Å²) in [6.07, 6.45) is -0.383. The van der Waals surface area contributed by atoms with Gasteiger partial charge in [0.25, 0.3) is 0 Å². The summed E-state index contributed by atoms with van der Waals surface area (Å²) in [5.41, 5.74) is -0.342. The zero-order valence-electron chi connectivity index (χ0n) is 7.73. The van der Waals surface area contributed by atoms with E-state index in [1.807, 2.05) is 36.4 Å². The van der Waals surface area contributed by atoms with E-state index in [1.165, 1.54) is 6.92 Å². The van der Waals surface area contributed by atoms with E-state index in [9.17, 15) is 4.79 Å². The van der Waals surface area contributed by atoms with E-state index in [-0.39, 0.29) is 11.9 Å². The lowest BCUT2D eigenvalue weighted by molar-refractivity contribution is -0.120. The van der Waals surface area contributed by atoms with E-state index in [4.69, 9.17) is 10.00 Å². The summed E-state index contributed by atoms with van der Waals surface area (Å²) in [5, 5.41) is 8.86. The number of nitriles is 1.